The first-order valence-electron chi connectivity index (χ1n) is 7.95. The van der Waals surface area contributed by atoms with Crippen LogP contribution in [0.3, 0.4) is 0 Å². The minimum atomic E-state index is -3.41. The average molecular weight is 339 g/mol. The molecule has 0 aromatic carbocycles. The molecule has 0 atom stereocenters. The maximum atomic E-state index is 12.1. The highest BCUT2D eigenvalue weighted by Crippen LogP contribution is 2.39. The topological polar surface area (TPSA) is 89.5 Å². The fourth-order valence-corrected chi connectivity index (χ4v) is 4.09. The molecule has 0 radical (unpaired) electrons. The summed E-state index contributed by atoms with van der Waals surface area (Å²) >= 11 is 0. The van der Waals surface area contributed by atoms with Gasteiger partial charge in [-0.05, 0) is 31.2 Å². The van der Waals surface area contributed by atoms with E-state index < -0.39 is 16.0 Å². The maximum absolute atomic E-state index is 12.1. The summed E-state index contributed by atoms with van der Waals surface area (Å²) in [4.78, 5) is 20.0. The van der Waals surface area contributed by atoms with Gasteiger partial charge in [-0.2, -0.15) is 0 Å². The zero-order chi connectivity index (χ0) is 16.4. The van der Waals surface area contributed by atoms with Crippen LogP contribution in [0.15, 0.2) is 12.4 Å². The Morgan fingerprint density at radius 3 is 2.48 bits per heavy atom. The maximum Gasteiger partial charge on any atom is 0.306 e. The molecule has 126 valence electrons. The standard InChI is InChI=1S/C15H21N3O4S/c1-2-22-14(19)5-6-23(20,21)18-9-13(10-18)15-16-7-12(8-17-15)11-3-4-11/h7-8,11,13H,2-6,9-10H2,1H3. The first-order chi connectivity index (χ1) is 11.0. The summed E-state index contributed by atoms with van der Waals surface area (Å²) < 4.78 is 30.4. The van der Waals surface area contributed by atoms with Gasteiger partial charge < -0.3 is 4.74 Å². The van der Waals surface area contributed by atoms with Crippen molar-refractivity contribution in [3.63, 3.8) is 0 Å². The minimum Gasteiger partial charge on any atom is -0.466 e. The molecule has 1 saturated carbocycles. The number of hydrogen-bond donors (Lipinski definition) is 0. The van der Waals surface area contributed by atoms with Gasteiger partial charge in [-0.3, -0.25) is 4.79 Å². The van der Waals surface area contributed by atoms with Crippen molar-refractivity contribution in [3.8, 4) is 0 Å². The second-order valence-electron chi connectivity index (χ2n) is 6.03. The number of carbonyl (C=O) groups excluding carboxylic acids is 1. The zero-order valence-corrected chi connectivity index (χ0v) is 14.0. The van der Waals surface area contributed by atoms with Gasteiger partial charge in [0.1, 0.15) is 5.82 Å². The quantitative estimate of drug-likeness (QED) is 0.690. The molecule has 1 aliphatic heterocycles. The van der Waals surface area contributed by atoms with E-state index in [4.69, 9.17) is 4.74 Å². The SMILES string of the molecule is CCOC(=O)CCS(=O)(=O)N1CC(c2ncc(C3CC3)cn2)C1. The number of hydrogen-bond acceptors (Lipinski definition) is 6. The molecular weight excluding hydrogens is 318 g/mol. The Morgan fingerprint density at radius 1 is 1.26 bits per heavy atom. The van der Waals surface area contributed by atoms with Crippen LogP contribution in [-0.2, 0) is 19.6 Å². The second kappa shape index (κ2) is 6.52. The number of sulfonamides is 1. The number of aromatic nitrogens is 2. The van der Waals surface area contributed by atoms with E-state index in [0.29, 0.717) is 24.8 Å². The molecule has 2 aliphatic rings. The second-order valence-corrected chi connectivity index (χ2v) is 8.12. The Labute approximate surface area is 136 Å². The van der Waals surface area contributed by atoms with E-state index >= 15 is 0 Å². The molecule has 2 heterocycles. The monoisotopic (exact) mass is 339 g/mol. The van der Waals surface area contributed by atoms with Crippen molar-refractivity contribution in [2.45, 2.75) is 38.0 Å². The molecule has 23 heavy (non-hydrogen) atoms. The highest BCUT2D eigenvalue weighted by molar-refractivity contribution is 7.89. The number of rotatable bonds is 7. The summed E-state index contributed by atoms with van der Waals surface area (Å²) in [6.07, 6.45) is 6.02. The van der Waals surface area contributed by atoms with Gasteiger partial charge in [0, 0.05) is 31.4 Å². The van der Waals surface area contributed by atoms with E-state index in [9.17, 15) is 13.2 Å². The van der Waals surface area contributed by atoms with E-state index in [1.807, 2.05) is 12.4 Å². The van der Waals surface area contributed by atoms with Crippen molar-refractivity contribution in [1.82, 2.24) is 14.3 Å². The number of ether oxygens (including phenoxy) is 1. The van der Waals surface area contributed by atoms with Gasteiger partial charge in [-0.25, -0.2) is 22.7 Å². The summed E-state index contributed by atoms with van der Waals surface area (Å²) in [5, 5.41) is 0. The molecule has 1 aromatic heterocycles. The van der Waals surface area contributed by atoms with Crippen LogP contribution in [0.5, 0.6) is 0 Å². The van der Waals surface area contributed by atoms with Crippen LogP contribution >= 0.6 is 0 Å². The van der Waals surface area contributed by atoms with Crippen LogP contribution < -0.4 is 0 Å². The van der Waals surface area contributed by atoms with Crippen LogP contribution in [0.1, 0.15) is 49.4 Å². The normalized spacial score (nSPS) is 19.3. The van der Waals surface area contributed by atoms with E-state index in [2.05, 4.69) is 9.97 Å². The number of esters is 1. The Balaban J connectivity index is 1.50. The van der Waals surface area contributed by atoms with Crippen molar-refractivity contribution < 1.29 is 17.9 Å². The van der Waals surface area contributed by atoms with Gasteiger partial charge in [0.05, 0.1) is 18.8 Å². The average Bonchev–Trinajstić information content (AvgIpc) is 3.29. The molecule has 8 heteroatoms. The highest BCUT2D eigenvalue weighted by atomic mass is 32.2. The van der Waals surface area contributed by atoms with E-state index in [-0.39, 0.29) is 24.7 Å². The molecule has 1 aromatic rings. The number of carbonyl (C=O) groups is 1. The smallest absolute Gasteiger partial charge is 0.306 e. The Bertz CT molecular complexity index is 664. The van der Waals surface area contributed by atoms with E-state index in [1.54, 1.807) is 6.92 Å². The van der Waals surface area contributed by atoms with Gasteiger partial charge >= 0.3 is 5.97 Å². The van der Waals surface area contributed by atoms with Gasteiger partial charge in [-0.15, -0.1) is 0 Å². The van der Waals surface area contributed by atoms with Crippen molar-refractivity contribution in [3.05, 3.63) is 23.8 Å². The molecule has 7 nitrogen and oxygen atoms in total. The predicted octanol–water partition coefficient (Wildman–Crippen LogP) is 1.04. The predicted molar refractivity (Wildman–Crippen MR) is 83.4 cm³/mol. The summed E-state index contributed by atoms with van der Waals surface area (Å²) in [7, 11) is -3.41. The van der Waals surface area contributed by atoms with E-state index in [1.165, 1.54) is 22.7 Å². The fraction of sp³-hybridized carbons (Fsp3) is 0.667. The Morgan fingerprint density at radius 2 is 1.91 bits per heavy atom. The lowest BCUT2D eigenvalue weighted by Gasteiger charge is -2.37. The molecule has 0 amide bonds. The van der Waals surface area contributed by atoms with Gasteiger partial charge in [0.15, 0.2) is 0 Å². The molecule has 1 aliphatic carbocycles. The fourth-order valence-electron chi connectivity index (χ4n) is 2.59. The van der Waals surface area contributed by atoms with Crippen molar-refractivity contribution in [1.29, 1.82) is 0 Å². The van der Waals surface area contributed by atoms with Crippen LogP contribution in [0.4, 0.5) is 0 Å². The lowest BCUT2D eigenvalue weighted by molar-refractivity contribution is -0.142. The van der Waals surface area contributed by atoms with Gasteiger partial charge in [-0.1, -0.05) is 0 Å². The Hall–Kier alpha value is -1.54. The Kier molecular flexibility index (Phi) is 4.63. The van der Waals surface area contributed by atoms with Crippen LogP contribution in [0, 0.1) is 0 Å². The molecule has 2 fully saturated rings. The third kappa shape index (κ3) is 3.87. The van der Waals surface area contributed by atoms with Gasteiger partial charge in [0.2, 0.25) is 10.0 Å². The van der Waals surface area contributed by atoms with Crippen LogP contribution in [-0.4, -0.2) is 54.1 Å². The lowest BCUT2D eigenvalue weighted by atomic mass is 10.0. The third-order valence-corrected chi connectivity index (χ3v) is 6.02. The highest BCUT2D eigenvalue weighted by Gasteiger charge is 2.38. The largest absolute Gasteiger partial charge is 0.466 e. The summed E-state index contributed by atoms with van der Waals surface area (Å²) in [6.45, 7) is 2.72. The first kappa shape index (κ1) is 16.3. The summed E-state index contributed by atoms with van der Waals surface area (Å²) in [6, 6.07) is 0. The van der Waals surface area contributed by atoms with Crippen LogP contribution in [0.2, 0.25) is 0 Å². The van der Waals surface area contributed by atoms with Crippen LogP contribution in [0.25, 0.3) is 0 Å². The third-order valence-electron chi connectivity index (χ3n) is 4.22. The molecular formula is C15H21N3O4S. The molecule has 0 bridgehead atoms. The van der Waals surface area contributed by atoms with Gasteiger partial charge in [0.25, 0.3) is 0 Å². The number of nitrogens with zero attached hydrogens (tertiary/aromatic N) is 3. The molecule has 1 saturated heterocycles. The molecule has 0 unspecified atom stereocenters. The summed E-state index contributed by atoms with van der Waals surface area (Å²) in [5.41, 5.74) is 1.17. The van der Waals surface area contributed by atoms with Crippen molar-refractivity contribution >= 4 is 16.0 Å². The molecule has 0 spiro atoms. The lowest BCUT2D eigenvalue weighted by Crippen LogP contribution is -2.49. The zero-order valence-electron chi connectivity index (χ0n) is 13.1. The molecule has 0 N–H and O–H groups in total. The minimum absolute atomic E-state index is 0.0422. The molecule has 3 rings (SSSR count). The van der Waals surface area contributed by atoms with Crippen molar-refractivity contribution in [2.75, 3.05) is 25.4 Å². The summed E-state index contributed by atoms with van der Waals surface area (Å²) in [5.74, 6) is 0.671. The first-order valence-corrected chi connectivity index (χ1v) is 9.56. The van der Waals surface area contributed by atoms with E-state index in [0.717, 1.165) is 0 Å². The van der Waals surface area contributed by atoms with Crippen molar-refractivity contribution in [2.24, 2.45) is 0 Å².